The van der Waals surface area contributed by atoms with Crippen LogP contribution in [-0.4, -0.2) is 35.9 Å². The molecule has 4 aromatic rings. The third kappa shape index (κ3) is 2.98. The van der Waals surface area contributed by atoms with Gasteiger partial charge in [0.1, 0.15) is 11.3 Å². The van der Waals surface area contributed by atoms with Gasteiger partial charge in [0.05, 0.1) is 24.6 Å². The van der Waals surface area contributed by atoms with Crippen LogP contribution in [0.1, 0.15) is 16.7 Å². The number of carbonyl (C=O) groups excluding carboxylic acids is 3. The van der Waals surface area contributed by atoms with E-state index >= 15 is 0 Å². The number of ether oxygens (including phenoxy) is 1. The number of anilines is 2. The minimum Gasteiger partial charge on any atom is -0.497 e. The summed E-state index contributed by atoms with van der Waals surface area (Å²) < 4.78 is 5.35. The van der Waals surface area contributed by atoms with Gasteiger partial charge >= 0.3 is 0 Å². The van der Waals surface area contributed by atoms with Crippen LogP contribution in [0.4, 0.5) is 11.4 Å². The van der Waals surface area contributed by atoms with Crippen LogP contribution in [0.5, 0.6) is 5.75 Å². The normalized spacial score (nSPS) is 25.8. The van der Waals surface area contributed by atoms with E-state index in [2.05, 4.69) is 15.6 Å². The predicted molar refractivity (Wildman–Crippen MR) is 143 cm³/mol. The molecule has 3 aliphatic heterocycles. The number of nitrogens with zero attached hydrogens (tertiary/aromatic N) is 1. The van der Waals surface area contributed by atoms with Crippen molar-refractivity contribution in [1.29, 1.82) is 0 Å². The number of aromatic nitrogens is 1. The van der Waals surface area contributed by atoms with Crippen LogP contribution in [0, 0.1) is 18.8 Å². The lowest BCUT2D eigenvalue weighted by molar-refractivity contribution is -0.130. The van der Waals surface area contributed by atoms with Crippen LogP contribution in [0.25, 0.3) is 10.9 Å². The maximum Gasteiger partial charge on any atom is 0.250 e. The second-order valence-electron chi connectivity index (χ2n) is 10.3. The van der Waals surface area contributed by atoms with E-state index in [1.807, 2.05) is 55.6 Å². The van der Waals surface area contributed by atoms with Gasteiger partial charge in [0.25, 0.3) is 0 Å². The van der Waals surface area contributed by atoms with Crippen molar-refractivity contribution >= 4 is 40.0 Å². The molecule has 38 heavy (non-hydrogen) atoms. The highest BCUT2D eigenvalue weighted by Gasteiger charge is 2.70. The second kappa shape index (κ2) is 8.03. The molecule has 0 aliphatic carbocycles. The van der Waals surface area contributed by atoms with E-state index < -0.39 is 23.4 Å². The van der Waals surface area contributed by atoms with Crippen molar-refractivity contribution in [3.05, 3.63) is 89.6 Å². The molecule has 1 aromatic heterocycles. The monoisotopic (exact) mass is 506 g/mol. The first kappa shape index (κ1) is 22.7. The highest BCUT2D eigenvalue weighted by molar-refractivity contribution is 6.26. The van der Waals surface area contributed by atoms with E-state index in [0.29, 0.717) is 29.1 Å². The molecule has 3 N–H and O–H groups in total. The van der Waals surface area contributed by atoms with Crippen molar-refractivity contribution in [2.75, 3.05) is 17.3 Å². The van der Waals surface area contributed by atoms with Gasteiger partial charge in [-0.3, -0.25) is 19.7 Å². The minimum atomic E-state index is -1.34. The third-order valence-corrected chi connectivity index (χ3v) is 8.30. The molecule has 2 saturated heterocycles. The van der Waals surface area contributed by atoms with E-state index in [0.717, 1.165) is 22.0 Å². The predicted octanol–water partition coefficient (Wildman–Crippen LogP) is 3.65. The van der Waals surface area contributed by atoms with E-state index in [9.17, 15) is 14.4 Å². The number of aromatic amines is 1. The summed E-state index contributed by atoms with van der Waals surface area (Å²) in [6, 6.07) is 20.2. The number of nitrogens with one attached hydrogen (secondary N) is 3. The van der Waals surface area contributed by atoms with Crippen LogP contribution in [0.3, 0.4) is 0 Å². The Morgan fingerprint density at radius 2 is 1.82 bits per heavy atom. The quantitative estimate of drug-likeness (QED) is 0.367. The lowest BCUT2D eigenvalue weighted by Crippen LogP contribution is -2.53. The van der Waals surface area contributed by atoms with E-state index in [1.165, 1.54) is 4.90 Å². The summed E-state index contributed by atoms with van der Waals surface area (Å²) in [4.78, 5) is 46.6. The number of rotatable bonds is 4. The highest BCUT2D eigenvalue weighted by atomic mass is 16.5. The molecule has 2 fully saturated rings. The van der Waals surface area contributed by atoms with Gasteiger partial charge in [-0.1, -0.05) is 42.0 Å². The number of carbonyl (C=O) groups is 3. The molecule has 3 amide bonds. The molecule has 4 atom stereocenters. The van der Waals surface area contributed by atoms with Crippen LogP contribution in [0.15, 0.2) is 72.9 Å². The summed E-state index contributed by atoms with van der Waals surface area (Å²) in [5.74, 6) is -2.06. The lowest BCUT2D eigenvalue weighted by Gasteiger charge is -2.29. The number of fused-ring (bicyclic) bond motifs is 5. The fourth-order valence-electron chi connectivity index (χ4n) is 6.63. The number of amides is 3. The molecular weight excluding hydrogens is 480 g/mol. The first-order valence-electron chi connectivity index (χ1n) is 12.7. The first-order valence-corrected chi connectivity index (χ1v) is 12.7. The number of hydrogen-bond acceptors (Lipinski definition) is 5. The van der Waals surface area contributed by atoms with Crippen molar-refractivity contribution in [3.8, 4) is 5.75 Å². The molecular formula is C30H26N4O4. The van der Waals surface area contributed by atoms with Gasteiger partial charge in [0.2, 0.25) is 17.7 Å². The molecule has 8 nitrogen and oxygen atoms in total. The third-order valence-electron chi connectivity index (χ3n) is 8.30. The Kier molecular flexibility index (Phi) is 4.81. The molecule has 2 unspecified atom stereocenters. The van der Waals surface area contributed by atoms with Crippen molar-refractivity contribution < 1.29 is 19.1 Å². The van der Waals surface area contributed by atoms with E-state index in [1.54, 1.807) is 31.4 Å². The molecule has 7 rings (SSSR count). The molecule has 1 spiro atoms. The number of methoxy groups -OCH3 is 1. The second-order valence-corrected chi connectivity index (χ2v) is 10.3. The Bertz CT molecular complexity index is 1660. The van der Waals surface area contributed by atoms with Crippen LogP contribution in [0.2, 0.25) is 0 Å². The van der Waals surface area contributed by atoms with Crippen molar-refractivity contribution in [2.24, 2.45) is 11.8 Å². The molecule has 0 bridgehead atoms. The molecule has 3 aromatic carbocycles. The van der Waals surface area contributed by atoms with Crippen LogP contribution in [-0.2, 0) is 26.3 Å². The van der Waals surface area contributed by atoms with Crippen molar-refractivity contribution in [1.82, 2.24) is 10.3 Å². The lowest BCUT2D eigenvalue weighted by atomic mass is 9.76. The molecule has 0 radical (unpaired) electrons. The largest absolute Gasteiger partial charge is 0.497 e. The number of benzene rings is 3. The smallest absolute Gasteiger partial charge is 0.250 e. The van der Waals surface area contributed by atoms with Gasteiger partial charge < -0.3 is 15.0 Å². The van der Waals surface area contributed by atoms with E-state index in [4.69, 9.17) is 4.74 Å². The maximum absolute atomic E-state index is 14.2. The van der Waals surface area contributed by atoms with Gasteiger partial charge in [0, 0.05) is 40.5 Å². The van der Waals surface area contributed by atoms with Crippen molar-refractivity contribution in [3.63, 3.8) is 0 Å². The number of para-hydroxylation sites is 1. The Hall–Kier alpha value is -4.43. The topological polar surface area (TPSA) is 104 Å². The number of aryl methyl sites for hydroxylation is 1. The zero-order chi connectivity index (χ0) is 26.2. The Balaban J connectivity index is 1.38. The van der Waals surface area contributed by atoms with Gasteiger partial charge in [-0.05, 0) is 43.2 Å². The summed E-state index contributed by atoms with van der Waals surface area (Å²) in [5.41, 5.74) is 3.47. The first-order chi connectivity index (χ1) is 18.4. The van der Waals surface area contributed by atoms with Crippen molar-refractivity contribution in [2.45, 2.75) is 24.9 Å². The number of hydrogen-bond donors (Lipinski definition) is 3. The molecule has 4 heterocycles. The molecule has 8 heteroatoms. The summed E-state index contributed by atoms with van der Waals surface area (Å²) in [5, 5.41) is 7.57. The number of imide groups is 1. The average Bonchev–Trinajstić information content (AvgIpc) is 3.63. The van der Waals surface area contributed by atoms with Crippen LogP contribution >= 0.6 is 0 Å². The van der Waals surface area contributed by atoms with Gasteiger partial charge in [-0.15, -0.1) is 0 Å². The van der Waals surface area contributed by atoms with Crippen LogP contribution < -0.4 is 20.3 Å². The molecule has 3 aliphatic rings. The standard InChI is InChI=1S/C30H26N4O4/c1-16-10-11-23-21(12-16)30(29(37)32-23)26-25(24(33-30)13-17-15-31-22-9-4-3-8-20(17)22)27(35)34(28(26)36)18-6-5-7-19(14-18)38-2/h3-12,14-15,24-26,31,33H,13H2,1-2H3,(H,32,37)/t24?,25-,26+,30?/m1/s1. The summed E-state index contributed by atoms with van der Waals surface area (Å²) in [7, 11) is 1.54. The van der Waals surface area contributed by atoms with Gasteiger partial charge in [-0.25, -0.2) is 4.90 Å². The summed E-state index contributed by atoms with van der Waals surface area (Å²) >= 11 is 0. The minimum absolute atomic E-state index is 0.303. The van der Waals surface area contributed by atoms with E-state index in [-0.39, 0.29) is 17.7 Å². The fourth-order valence-corrected chi connectivity index (χ4v) is 6.63. The Labute approximate surface area is 219 Å². The summed E-state index contributed by atoms with van der Waals surface area (Å²) in [6.07, 6.45) is 2.42. The molecule has 190 valence electrons. The molecule has 0 saturated carbocycles. The van der Waals surface area contributed by atoms with Gasteiger partial charge in [0.15, 0.2) is 0 Å². The van der Waals surface area contributed by atoms with Gasteiger partial charge in [-0.2, -0.15) is 0 Å². The average molecular weight is 507 g/mol. The zero-order valence-electron chi connectivity index (χ0n) is 20.9. The highest BCUT2D eigenvalue weighted by Crippen LogP contribution is 2.54. The summed E-state index contributed by atoms with van der Waals surface area (Å²) in [6.45, 7) is 1.96. The number of H-pyrrole nitrogens is 1. The fraction of sp³-hybridized carbons (Fsp3) is 0.233. The zero-order valence-corrected chi connectivity index (χ0v) is 20.9. The SMILES string of the molecule is COc1cccc(N2C(=O)[C@@H]3C(Cc4c[nH]c5ccccc45)NC4(C(=O)Nc5ccc(C)cc54)[C@@H]3C2=O)c1. The maximum atomic E-state index is 14.2. The Morgan fingerprint density at radius 1 is 0.974 bits per heavy atom. The Morgan fingerprint density at radius 3 is 2.66 bits per heavy atom.